The first-order valence-corrected chi connectivity index (χ1v) is 11.9. The molecule has 1 saturated heterocycles. The first-order valence-electron chi connectivity index (χ1n) is 11.9. The average Bonchev–Trinajstić information content (AvgIpc) is 3.11. The van der Waals surface area contributed by atoms with Gasteiger partial charge in [-0.3, -0.25) is 4.79 Å². The molecule has 0 saturated carbocycles. The van der Waals surface area contributed by atoms with Crippen LogP contribution in [0.3, 0.4) is 0 Å². The molecule has 37 heavy (non-hydrogen) atoms. The van der Waals surface area contributed by atoms with E-state index in [1.54, 1.807) is 19.9 Å². The summed E-state index contributed by atoms with van der Waals surface area (Å²) in [6, 6.07) is 0. The van der Waals surface area contributed by atoms with E-state index in [1.807, 2.05) is 13.0 Å². The molecule has 1 aliphatic heterocycles. The highest BCUT2D eigenvalue weighted by Gasteiger charge is 2.44. The van der Waals surface area contributed by atoms with Crippen LogP contribution in [0, 0.1) is 5.92 Å². The molecule has 2 N–H and O–H groups in total. The molecule has 1 aliphatic carbocycles. The smallest absolute Gasteiger partial charge is 0.337 e. The third kappa shape index (κ3) is 8.26. The number of aliphatic hydroxyl groups is 2. The molecule has 0 amide bonds. The van der Waals surface area contributed by atoms with E-state index >= 15 is 0 Å². The number of carbonyl (C=O) groups is 4. The highest BCUT2D eigenvalue weighted by atomic mass is 16.6. The Morgan fingerprint density at radius 1 is 1.16 bits per heavy atom. The summed E-state index contributed by atoms with van der Waals surface area (Å²) in [5, 5.41) is 19.8. The molecule has 2 rings (SSSR count). The summed E-state index contributed by atoms with van der Waals surface area (Å²) < 4.78 is 21.2. The van der Waals surface area contributed by atoms with Crippen molar-refractivity contribution in [3.05, 3.63) is 58.7 Å². The highest BCUT2D eigenvalue weighted by Crippen LogP contribution is 2.36. The fourth-order valence-electron chi connectivity index (χ4n) is 3.89. The lowest BCUT2D eigenvalue weighted by molar-refractivity contribution is -0.148. The van der Waals surface area contributed by atoms with Crippen molar-refractivity contribution in [3.63, 3.8) is 0 Å². The zero-order valence-corrected chi connectivity index (χ0v) is 21.5. The molecule has 202 valence electrons. The van der Waals surface area contributed by atoms with Gasteiger partial charge in [0.25, 0.3) is 0 Å². The van der Waals surface area contributed by atoms with E-state index in [-0.39, 0.29) is 29.7 Å². The van der Waals surface area contributed by atoms with Gasteiger partial charge < -0.3 is 29.2 Å². The maximum absolute atomic E-state index is 13.1. The molecule has 4 atom stereocenters. The maximum Gasteiger partial charge on any atom is 0.337 e. The Labute approximate surface area is 215 Å². The largest absolute Gasteiger partial charge is 0.461 e. The van der Waals surface area contributed by atoms with Crippen LogP contribution in [-0.4, -0.2) is 72.2 Å². The molecule has 0 radical (unpaired) electrons. The van der Waals surface area contributed by atoms with Gasteiger partial charge in [0.2, 0.25) is 0 Å². The summed E-state index contributed by atoms with van der Waals surface area (Å²) in [6.45, 7) is 8.82. The summed E-state index contributed by atoms with van der Waals surface area (Å²) in [5.74, 6) is -3.57. The molecule has 1 heterocycles. The van der Waals surface area contributed by atoms with Crippen LogP contribution in [0.4, 0.5) is 0 Å². The molecule has 10 heteroatoms. The van der Waals surface area contributed by atoms with Gasteiger partial charge in [-0.25, -0.2) is 14.4 Å². The van der Waals surface area contributed by atoms with Crippen LogP contribution < -0.4 is 0 Å². The van der Waals surface area contributed by atoms with Crippen LogP contribution >= 0.6 is 0 Å². The Morgan fingerprint density at radius 3 is 2.46 bits per heavy atom. The summed E-state index contributed by atoms with van der Waals surface area (Å²) in [6.07, 6.45) is 4.21. The van der Waals surface area contributed by atoms with Gasteiger partial charge in [0.15, 0.2) is 0 Å². The first kappa shape index (κ1) is 29.7. The zero-order valence-electron chi connectivity index (χ0n) is 21.5. The van der Waals surface area contributed by atoms with Crippen LogP contribution in [0.1, 0.15) is 40.5 Å². The van der Waals surface area contributed by atoms with Crippen LogP contribution in [0.2, 0.25) is 0 Å². The van der Waals surface area contributed by atoms with Crippen molar-refractivity contribution in [3.8, 4) is 0 Å². The van der Waals surface area contributed by atoms with Gasteiger partial charge in [-0.2, -0.15) is 0 Å². The monoisotopic (exact) mass is 518 g/mol. The molecule has 2 aliphatic rings. The lowest BCUT2D eigenvalue weighted by atomic mass is 9.85. The summed E-state index contributed by atoms with van der Waals surface area (Å²) in [5.41, 5.74) is 1.52. The molecule has 0 aromatic carbocycles. The fourth-order valence-corrected chi connectivity index (χ4v) is 3.89. The predicted molar refractivity (Wildman–Crippen MR) is 132 cm³/mol. The van der Waals surface area contributed by atoms with Crippen molar-refractivity contribution >= 4 is 23.9 Å². The number of carbonyl (C=O) groups excluding carboxylic acids is 4. The second kappa shape index (κ2) is 13.7. The number of aliphatic hydroxyl groups excluding tert-OH is 2. The highest BCUT2D eigenvalue weighted by molar-refractivity contribution is 5.93. The molecule has 0 spiro atoms. The second-order valence-electron chi connectivity index (χ2n) is 8.86. The Balaban J connectivity index is 2.24. The predicted octanol–water partition coefficient (Wildman–Crippen LogP) is 2.01. The van der Waals surface area contributed by atoms with Crippen molar-refractivity contribution in [2.24, 2.45) is 5.92 Å². The minimum atomic E-state index is -0.861. The number of ether oxygens (including phenoxy) is 4. The fraction of sp³-hybridized carbons (Fsp3) is 0.481. The quantitative estimate of drug-likeness (QED) is 0.212. The van der Waals surface area contributed by atoms with Gasteiger partial charge in [-0.1, -0.05) is 24.3 Å². The lowest BCUT2D eigenvalue weighted by Gasteiger charge is -2.28. The van der Waals surface area contributed by atoms with Crippen LogP contribution in [0.15, 0.2) is 58.7 Å². The summed E-state index contributed by atoms with van der Waals surface area (Å²) >= 11 is 0. The Bertz CT molecular complexity index is 1050. The topological polar surface area (TPSA) is 146 Å². The van der Waals surface area contributed by atoms with Gasteiger partial charge in [0.05, 0.1) is 29.8 Å². The summed E-state index contributed by atoms with van der Waals surface area (Å²) in [4.78, 5) is 48.8. The maximum atomic E-state index is 13.1. The molecule has 0 aromatic rings. The van der Waals surface area contributed by atoms with Crippen LogP contribution in [0.5, 0.6) is 0 Å². The third-order valence-corrected chi connectivity index (χ3v) is 6.09. The lowest BCUT2D eigenvalue weighted by Crippen LogP contribution is -2.34. The van der Waals surface area contributed by atoms with E-state index in [1.165, 1.54) is 13.0 Å². The van der Waals surface area contributed by atoms with E-state index in [0.29, 0.717) is 12.0 Å². The Morgan fingerprint density at radius 2 is 1.84 bits per heavy atom. The van der Waals surface area contributed by atoms with Crippen molar-refractivity contribution in [2.45, 2.75) is 58.8 Å². The Kier molecular flexibility index (Phi) is 11.0. The average molecular weight is 519 g/mol. The normalized spacial score (nSPS) is 27.6. The minimum absolute atomic E-state index is 0.0742. The van der Waals surface area contributed by atoms with E-state index in [4.69, 9.17) is 18.9 Å². The van der Waals surface area contributed by atoms with Gasteiger partial charge in [-0.15, -0.1) is 0 Å². The zero-order chi connectivity index (χ0) is 27.7. The van der Waals surface area contributed by atoms with Crippen molar-refractivity contribution in [1.29, 1.82) is 0 Å². The van der Waals surface area contributed by atoms with Crippen molar-refractivity contribution in [1.82, 2.24) is 0 Å². The molecule has 0 unspecified atom stereocenters. The van der Waals surface area contributed by atoms with Gasteiger partial charge in [-0.05, 0) is 44.9 Å². The third-order valence-electron chi connectivity index (χ3n) is 6.09. The number of allylic oxidation sites excluding steroid dienone is 1. The number of hydrogen-bond acceptors (Lipinski definition) is 10. The van der Waals surface area contributed by atoms with Gasteiger partial charge in [0, 0.05) is 18.9 Å². The first-order chi connectivity index (χ1) is 17.5. The minimum Gasteiger partial charge on any atom is -0.461 e. The van der Waals surface area contributed by atoms with E-state index in [2.05, 4.69) is 6.58 Å². The standard InChI is InChI=1S/C27H34O10/c1-6-19(13-34-18(5)29)26(32)35-14-20(9-10-28)27(33)37-22-11-15(2)7-8-21(30)16(3)12-23-24(22)17(4)25(31)36-23/h6-7,9,12,21-24,28,30H,4,8,10-11,13-14H2,1-3,5H3/b15-7+,16-12+,19-6+,20-9+/t21-,22+,23+,24+/m0/s1. The second-order valence-corrected chi connectivity index (χ2v) is 8.86. The van der Waals surface area contributed by atoms with Crippen LogP contribution in [-0.2, 0) is 38.1 Å². The van der Waals surface area contributed by atoms with Crippen molar-refractivity contribution < 1.29 is 48.3 Å². The number of esters is 4. The molecule has 0 aromatic heterocycles. The number of hydrogen-bond donors (Lipinski definition) is 2. The Hall–Kier alpha value is -3.50. The van der Waals surface area contributed by atoms with Gasteiger partial charge in [0.1, 0.15) is 25.4 Å². The molecular weight excluding hydrogens is 484 g/mol. The van der Waals surface area contributed by atoms with E-state index < -0.39 is 61.3 Å². The van der Waals surface area contributed by atoms with Crippen molar-refractivity contribution in [2.75, 3.05) is 19.8 Å². The molecule has 0 bridgehead atoms. The van der Waals surface area contributed by atoms with E-state index in [9.17, 15) is 29.4 Å². The number of rotatable bonds is 8. The molecule has 10 nitrogen and oxygen atoms in total. The molecular formula is C27H34O10. The molecule has 1 fully saturated rings. The van der Waals surface area contributed by atoms with Gasteiger partial charge >= 0.3 is 23.9 Å². The summed E-state index contributed by atoms with van der Waals surface area (Å²) in [7, 11) is 0. The SMILES string of the molecule is C=C1C(=O)O[C@@H]2/C=C(\C)[C@@H](O)C/C=C(\C)C[C@@H](OC(=O)/C(=C/CO)COC(=O)/C(=C/C)COC(C)=O)[C@@H]12. The number of fused-ring (bicyclic) bond motifs is 1. The van der Waals surface area contributed by atoms with Crippen LogP contribution in [0.25, 0.3) is 0 Å². The van der Waals surface area contributed by atoms with E-state index in [0.717, 1.165) is 11.6 Å².